The molecule has 2 amide bonds. The van der Waals surface area contributed by atoms with Gasteiger partial charge in [-0.25, -0.2) is 8.42 Å². The van der Waals surface area contributed by atoms with E-state index in [0.29, 0.717) is 12.1 Å². The number of anilines is 1. The molecule has 35 heavy (non-hydrogen) atoms. The van der Waals surface area contributed by atoms with Gasteiger partial charge in [0.25, 0.3) is 0 Å². The molecule has 7 nitrogen and oxygen atoms in total. The molecule has 1 aliphatic rings. The summed E-state index contributed by atoms with van der Waals surface area (Å²) in [4.78, 5) is 28.3. The number of amides is 2. The molecule has 0 aliphatic heterocycles. The Hall–Kier alpha value is -2.39. The highest BCUT2D eigenvalue weighted by Gasteiger charge is 2.31. The molecule has 1 N–H and O–H groups in total. The average Bonchev–Trinajstić information content (AvgIpc) is 3.32. The molecule has 0 bridgehead atoms. The standard InChI is InChI=1S/C26H34BrN3O4S/c1-4-21-11-5-8-15-24(21)30(35(3,33)34)18-25(31)29(17-20-10-9-12-22(27)16-20)19(2)26(32)28-23-13-6-7-14-23/h5,8-12,15-16,19,23H,4,6-7,13-14,17-18H2,1-3H3,(H,28,32)/t19-/m1/s1. The molecule has 0 aromatic heterocycles. The summed E-state index contributed by atoms with van der Waals surface area (Å²) in [5, 5.41) is 3.07. The van der Waals surface area contributed by atoms with Gasteiger partial charge >= 0.3 is 0 Å². The van der Waals surface area contributed by atoms with Crippen LogP contribution in [0.5, 0.6) is 0 Å². The summed E-state index contributed by atoms with van der Waals surface area (Å²) >= 11 is 3.46. The van der Waals surface area contributed by atoms with Crippen molar-refractivity contribution in [1.29, 1.82) is 0 Å². The van der Waals surface area contributed by atoms with Crippen molar-refractivity contribution in [3.05, 3.63) is 64.1 Å². The van der Waals surface area contributed by atoms with E-state index in [-0.39, 0.29) is 25.0 Å². The van der Waals surface area contributed by atoms with Crippen molar-refractivity contribution < 1.29 is 18.0 Å². The normalized spacial score (nSPS) is 15.0. The number of sulfonamides is 1. The molecular weight excluding hydrogens is 530 g/mol. The average molecular weight is 565 g/mol. The molecule has 0 saturated heterocycles. The van der Waals surface area contributed by atoms with Gasteiger partial charge in [-0.15, -0.1) is 0 Å². The molecule has 1 saturated carbocycles. The van der Waals surface area contributed by atoms with E-state index in [9.17, 15) is 18.0 Å². The van der Waals surface area contributed by atoms with E-state index < -0.39 is 22.0 Å². The van der Waals surface area contributed by atoms with Crippen LogP contribution in [0.4, 0.5) is 5.69 Å². The fourth-order valence-corrected chi connectivity index (χ4v) is 5.78. The Morgan fingerprint density at radius 1 is 1.11 bits per heavy atom. The molecule has 0 spiro atoms. The predicted octanol–water partition coefficient (Wildman–Crippen LogP) is 4.25. The maximum Gasteiger partial charge on any atom is 0.244 e. The maximum atomic E-state index is 13.7. The monoisotopic (exact) mass is 563 g/mol. The Labute approximate surface area is 217 Å². The topological polar surface area (TPSA) is 86.8 Å². The van der Waals surface area contributed by atoms with Gasteiger partial charge in [-0.05, 0) is 55.5 Å². The van der Waals surface area contributed by atoms with Crippen molar-refractivity contribution >= 4 is 43.5 Å². The Bertz CT molecular complexity index is 1150. The first kappa shape index (κ1) is 27.2. The summed E-state index contributed by atoms with van der Waals surface area (Å²) in [6, 6.07) is 14.1. The lowest BCUT2D eigenvalue weighted by molar-refractivity contribution is -0.139. The number of carbonyl (C=O) groups is 2. The first-order valence-corrected chi connectivity index (χ1v) is 14.6. The summed E-state index contributed by atoms with van der Waals surface area (Å²) in [5.74, 6) is -0.657. The first-order chi connectivity index (χ1) is 16.6. The number of hydrogen-bond donors (Lipinski definition) is 1. The second-order valence-corrected chi connectivity index (χ2v) is 11.9. The molecule has 0 radical (unpaired) electrons. The lowest BCUT2D eigenvalue weighted by Crippen LogP contribution is -2.52. The van der Waals surface area contributed by atoms with Gasteiger partial charge in [0.15, 0.2) is 0 Å². The van der Waals surface area contributed by atoms with Crippen molar-refractivity contribution in [3.63, 3.8) is 0 Å². The molecule has 0 unspecified atom stereocenters. The number of nitrogens with one attached hydrogen (secondary N) is 1. The lowest BCUT2D eigenvalue weighted by atomic mass is 10.1. The zero-order valence-corrected chi connectivity index (χ0v) is 22.9. The fourth-order valence-electron chi connectivity index (χ4n) is 4.45. The van der Waals surface area contributed by atoms with Crippen LogP contribution in [-0.4, -0.2) is 50.0 Å². The van der Waals surface area contributed by atoms with Crippen LogP contribution in [0.15, 0.2) is 53.0 Å². The third-order valence-electron chi connectivity index (χ3n) is 6.43. The first-order valence-electron chi connectivity index (χ1n) is 12.0. The Morgan fingerprint density at radius 3 is 2.43 bits per heavy atom. The third-order valence-corrected chi connectivity index (χ3v) is 8.05. The summed E-state index contributed by atoms with van der Waals surface area (Å²) in [6.45, 7) is 3.44. The molecular formula is C26H34BrN3O4S. The van der Waals surface area contributed by atoms with Gasteiger partial charge in [0.1, 0.15) is 12.6 Å². The molecule has 2 aromatic rings. The van der Waals surface area contributed by atoms with Gasteiger partial charge in [-0.2, -0.15) is 0 Å². The Balaban J connectivity index is 1.90. The van der Waals surface area contributed by atoms with E-state index in [1.807, 2.05) is 43.3 Å². The number of aryl methyl sites for hydroxylation is 1. The van der Waals surface area contributed by atoms with E-state index in [2.05, 4.69) is 21.2 Å². The minimum atomic E-state index is -3.75. The van der Waals surface area contributed by atoms with Crippen molar-refractivity contribution in [2.45, 2.75) is 64.6 Å². The van der Waals surface area contributed by atoms with E-state index >= 15 is 0 Å². The quantitative estimate of drug-likeness (QED) is 0.468. The van der Waals surface area contributed by atoms with Gasteiger partial charge in [0, 0.05) is 17.1 Å². The van der Waals surface area contributed by atoms with Crippen LogP contribution >= 0.6 is 15.9 Å². The van der Waals surface area contributed by atoms with Crippen LogP contribution in [-0.2, 0) is 32.6 Å². The number of carbonyl (C=O) groups excluding carboxylic acids is 2. The van der Waals surface area contributed by atoms with E-state index in [4.69, 9.17) is 0 Å². The van der Waals surface area contributed by atoms with Gasteiger partial charge in [0.2, 0.25) is 21.8 Å². The molecule has 2 aromatic carbocycles. The van der Waals surface area contributed by atoms with Crippen molar-refractivity contribution in [1.82, 2.24) is 10.2 Å². The van der Waals surface area contributed by atoms with E-state index in [0.717, 1.165) is 51.8 Å². The maximum absolute atomic E-state index is 13.7. The summed E-state index contributed by atoms with van der Waals surface area (Å²) in [7, 11) is -3.75. The van der Waals surface area contributed by atoms with Gasteiger partial charge in [0.05, 0.1) is 11.9 Å². The zero-order valence-electron chi connectivity index (χ0n) is 20.5. The van der Waals surface area contributed by atoms with Crippen LogP contribution in [0.3, 0.4) is 0 Å². The molecule has 9 heteroatoms. The van der Waals surface area contributed by atoms with E-state index in [1.54, 1.807) is 19.1 Å². The minimum absolute atomic E-state index is 0.122. The molecule has 190 valence electrons. The Morgan fingerprint density at radius 2 is 1.80 bits per heavy atom. The fraction of sp³-hybridized carbons (Fsp3) is 0.462. The van der Waals surface area contributed by atoms with Crippen LogP contribution in [0.2, 0.25) is 0 Å². The number of halogens is 1. The van der Waals surface area contributed by atoms with E-state index in [1.165, 1.54) is 4.90 Å². The Kier molecular flexibility index (Phi) is 9.35. The molecule has 3 rings (SSSR count). The van der Waals surface area contributed by atoms with Crippen LogP contribution in [0.25, 0.3) is 0 Å². The number of nitrogens with zero attached hydrogens (tertiary/aromatic N) is 2. The molecule has 1 atom stereocenters. The van der Waals surface area contributed by atoms with Gasteiger partial charge in [-0.3, -0.25) is 13.9 Å². The highest BCUT2D eigenvalue weighted by molar-refractivity contribution is 9.10. The van der Waals surface area contributed by atoms with Crippen LogP contribution in [0, 0.1) is 0 Å². The molecule has 0 heterocycles. The van der Waals surface area contributed by atoms with Crippen molar-refractivity contribution in [2.24, 2.45) is 0 Å². The van der Waals surface area contributed by atoms with Crippen LogP contribution < -0.4 is 9.62 Å². The number of para-hydroxylation sites is 1. The number of hydrogen-bond acceptors (Lipinski definition) is 4. The lowest BCUT2D eigenvalue weighted by Gasteiger charge is -2.32. The highest BCUT2D eigenvalue weighted by Crippen LogP contribution is 2.25. The summed E-state index contributed by atoms with van der Waals surface area (Å²) in [6.07, 6.45) is 5.77. The number of rotatable bonds is 10. The number of benzene rings is 2. The van der Waals surface area contributed by atoms with Crippen molar-refractivity contribution in [3.8, 4) is 0 Å². The van der Waals surface area contributed by atoms with Crippen molar-refractivity contribution in [2.75, 3.05) is 17.1 Å². The second-order valence-electron chi connectivity index (χ2n) is 9.07. The zero-order chi connectivity index (χ0) is 25.6. The third kappa shape index (κ3) is 7.30. The molecule has 1 fully saturated rings. The smallest absolute Gasteiger partial charge is 0.244 e. The predicted molar refractivity (Wildman–Crippen MR) is 143 cm³/mol. The van der Waals surface area contributed by atoms with Gasteiger partial charge in [-0.1, -0.05) is 66.0 Å². The van der Waals surface area contributed by atoms with Crippen LogP contribution in [0.1, 0.15) is 50.7 Å². The SMILES string of the molecule is CCc1ccccc1N(CC(=O)N(Cc1cccc(Br)c1)[C@H](C)C(=O)NC1CCCC1)S(C)(=O)=O. The second kappa shape index (κ2) is 12.0. The summed E-state index contributed by atoms with van der Waals surface area (Å²) in [5.41, 5.74) is 2.15. The summed E-state index contributed by atoms with van der Waals surface area (Å²) < 4.78 is 27.5. The minimum Gasteiger partial charge on any atom is -0.352 e. The highest BCUT2D eigenvalue weighted by atomic mass is 79.9. The van der Waals surface area contributed by atoms with Gasteiger partial charge < -0.3 is 10.2 Å². The largest absolute Gasteiger partial charge is 0.352 e. The molecule has 1 aliphatic carbocycles.